The Hall–Kier alpha value is -4.64. The standard InChI is InChI=1S/C31H31N3O5/c1-22-7-11-27(12-8-22)33-31(35)26(21-32)19-25-20-28(34(36)37)13-16-30(25)39-18-17-38-29-14-9-24(10-15-29)23-5-3-2-4-6-23/h7-16,19-20,23H,2-6,17-18H2,1H3,(H,33,35)/b26-19+. The number of carbonyl (C=O) groups is 1. The molecule has 8 nitrogen and oxygen atoms in total. The van der Waals surface area contributed by atoms with Crippen LogP contribution in [0.4, 0.5) is 11.4 Å². The van der Waals surface area contributed by atoms with Crippen LogP contribution in [0.25, 0.3) is 6.08 Å². The number of nitro benzene ring substituents is 1. The normalized spacial score (nSPS) is 13.8. The van der Waals surface area contributed by atoms with Gasteiger partial charge in [0.2, 0.25) is 0 Å². The number of nitrogens with one attached hydrogen (secondary N) is 1. The van der Waals surface area contributed by atoms with E-state index in [1.54, 1.807) is 12.1 Å². The second-order valence-electron chi connectivity index (χ2n) is 9.57. The number of non-ortho nitro benzene ring substituents is 1. The van der Waals surface area contributed by atoms with Crippen molar-refractivity contribution in [1.82, 2.24) is 0 Å². The molecule has 8 heteroatoms. The van der Waals surface area contributed by atoms with Crippen molar-refractivity contribution >= 4 is 23.4 Å². The van der Waals surface area contributed by atoms with E-state index in [2.05, 4.69) is 17.4 Å². The molecule has 1 aliphatic rings. The van der Waals surface area contributed by atoms with Crippen molar-refractivity contribution in [2.24, 2.45) is 0 Å². The van der Waals surface area contributed by atoms with Crippen LogP contribution in [-0.2, 0) is 4.79 Å². The summed E-state index contributed by atoms with van der Waals surface area (Å²) >= 11 is 0. The van der Waals surface area contributed by atoms with E-state index in [0.29, 0.717) is 17.4 Å². The summed E-state index contributed by atoms with van der Waals surface area (Å²) in [5.41, 5.74) is 2.76. The Morgan fingerprint density at radius 3 is 2.38 bits per heavy atom. The van der Waals surface area contributed by atoms with Crippen molar-refractivity contribution in [2.75, 3.05) is 18.5 Å². The second kappa shape index (κ2) is 13.2. The van der Waals surface area contributed by atoms with Gasteiger partial charge in [-0.1, -0.05) is 49.1 Å². The van der Waals surface area contributed by atoms with Crippen molar-refractivity contribution in [2.45, 2.75) is 44.9 Å². The van der Waals surface area contributed by atoms with E-state index >= 15 is 0 Å². The monoisotopic (exact) mass is 525 g/mol. The quantitative estimate of drug-likeness (QED) is 0.101. The van der Waals surface area contributed by atoms with Gasteiger partial charge in [0.15, 0.2) is 0 Å². The number of ether oxygens (including phenoxy) is 2. The largest absolute Gasteiger partial charge is 0.490 e. The summed E-state index contributed by atoms with van der Waals surface area (Å²) in [6.45, 7) is 2.34. The number of hydrogen-bond donors (Lipinski definition) is 1. The van der Waals surface area contributed by atoms with Crippen molar-refractivity contribution < 1.29 is 19.2 Å². The van der Waals surface area contributed by atoms with Crippen LogP contribution in [-0.4, -0.2) is 24.0 Å². The molecule has 0 aromatic heterocycles. The number of nitriles is 1. The third kappa shape index (κ3) is 7.68. The fourth-order valence-electron chi connectivity index (χ4n) is 4.62. The zero-order chi connectivity index (χ0) is 27.6. The fourth-order valence-corrected chi connectivity index (χ4v) is 4.62. The number of benzene rings is 3. The average Bonchev–Trinajstić information content (AvgIpc) is 2.96. The number of anilines is 1. The summed E-state index contributed by atoms with van der Waals surface area (Å²) in [4.78, 5) is 23.5. The number of nitro groups is 1. The van der Waals surface area contributed by atoms with E-state index < -0.39 is 10.8 Å². The minimum Gasteiger partial charge on any atom is -0.490 e. The second-order valence-corrected chi connectivity index (χ2v) is 9.57. The van der Waals surface area contributed by atoms with Gasteiger partial charge in [-0.2, -0.15) is 5.26 Å². The Morgan fingerprint density at radius 2 is 1.72 bits per heavy atom. The molecule has 0 unspecified atom stereocenters. The Morgan fingerprint density at radius 1 is 1.03 bits per heavy atom. The molecular weight excluding hydrogens is 494 g/mol. The molecule has 39 heavy (non-hydrogen) atoms. The Labute approximate surface area is 228 Å². The lowest BCUT2D eigenvalue weighted by molar-refractivity contribution is -0.384. The molecule has 200 valence electrons. The molecule has 0 radical (unpaired) electrons. The molecule has 1 fully saturated rings. The van der Waals surface area contributed by atoms with Gasteiger partial charge in [-0.3, -0.25) is 14.9 Å². The van der Waals surface area contributed by atoms with Gasteiger partial charge in [-0.05, 0) is 67.7 Å². The van der Waals surface area contributed by atoms with E-state index in [9.17, 15) is 20.2 Å². The molecule has 0 spiro atoms. The maximum absolute atomic E-state index is 12.7. The van der Waals surface area contributed by atoms with Crippen molar-refractivity contribution in [3.63, 3.8) is 0 Å². The van der Waals surface area contributed by atoms with Gasteiger partial charge in [0, 0.05) is 23.4 Å². The van der Waals surface area contributed by atoms with Gasteiger partial charge >= 0.3 is 0 Å². The minimum absolute atomic E-state index is 0.167. The van der Waals surface area contributed by atoms with Crippen LogP contribution >= 0.6 is 0 Å². The summed E-state index contributed by atoms with van der Waals surface area (Å²) in [6, 6.07) is 21.2. The van der Waals surface area contributed by atoms with Crippen LogP contribution in [0.5, 0.6) is 11.5 Å². The van der Waals surface area contributed by atoms with Gasteiger partial charge in [0.25, 0.3) is 11.6 Å². The topological polar surface area (TPSA) is 114 Å². The Balaban J connectivity index is 1.41. The molecule has 3 aromatic rings. The molecule has 1 saturated carbocycles. The molecule has 1 N–H and O–H groups in total. The minimum atomic E-state index is -0.626. The lowest BCUT2D eigenvalue weighted by atomic mass is 9.84. The SMILES string of the molecule is Cc1ccc(NC(=O)/C(C#N)=C/c2cc([N+](=O)[O-])ccc2OCCOc2ccc(C3CCCCC3)cc2)cc1. The first-order chi connectivity index (χ1) is 18.9. The highest BCUT2D eigenvalue weighted by atomic mass is 16.6. The van der Waals surface area contributed by atoms with E-state index in [-0.39, 0.29) is 30.0 Å². The fraction of sp³-hybridized carbons (Fsp3) is 0.290. The lowest BCUT2D eigenvalue weighted by Crippen LogP contribution is -2.13. The smallest absolute Gasteiger partial charge is 0.270 e. The highest BCUT2D eigenvalue weighted by Crippen LogP contribution is 2.33. The van der Waals surface area contributed by atoms with Crippen molar-refractivity contribution in [1.29, 1.82) is 5.26 Å². The van der Waals surface area contributed by atoms with Gasteiger partial charge < -0.3 is 14.8 Å². The molecule has 4 rings (SSSR count). The van der Waals surface area contributed by atoms with Gasteiger partial charge in [0.05, 0.1) is 4.92 Å². The molecule has 3 aromatic carbocycles. The molecule has 0 aliphatic heterocycles. The zero-order valence-electron chi connectivity index (χ0n) is 21.9. The number of nitrogens with zero attached hydrogens (tertiary/aromatic N) is 2. The predicted molar refractivity (Wildman–Crippen MR) is 150 cm³/mol. The maximum atomic E-state index is 12.7. The molecule has 0 heterocycles. The Kier molecular flexibility index (Phi) is 9.30. The first kappa shape index (κ1) is 27.4. The van der Waals surface area contributed by atoms with Crippen LogP contribution in [0.15, 0.2) is 72.3 Å². The molecule has 0 bridgehead atoms. The number of hydrogen-bond acceptors (Lipinski definition) is 6. The molecule has 1 amide bonds. The van der Waals surface area contributed by atoms with Gasteiger partial charge in [-0.25, -0.2) is 0 Å². The van der Waals surface area contributed by atoms with E-state index in [1.807, 2.05) is 37.3 Å². The van der Waals surface area contributed by atoms with E-state index in [4.69, 9.17) is 9.47 Å². The number of aryl methyl sites for hydroxylation is 1. The van der Waals surface area contributed by atoms with E-state index in [1.165, 1.54) is 61.9 Å². The summed E-state index contributed by atoms with van der Waals surface area (Å²) in [5, 5.41) is 23.6. The summed E-state index contributed by atoms with van der Waals surface area (Å²) in [6.07, 6.45) is 7.65. The third-order valence-corrected chi connectivity index (χ3v) is 6.74. The number of amides is 1. The summed E-state index contributed by atoms with van der Waals surface area (Å²) < 4.78 is 11.7. The number of rotatable bonds is 10. The van der Waals surface area contributed by atoms with Crippen LogP contribution in [0.2, 0.25) is 0 Å². The van der Waals surface area contributed by atoms with Crippen molar-refractivity contribution in [3.05, 3.63) is 99.1 Å². The van der Waals surface area contributed by atoms with E-state index in [0.717, 1.165) is 11.3 Å². The van der Waals surface area contributed by atoms with Gasteiger partial charge in [0.1, 0.15) is 36.4 Å². The highest BCUT2D eigenvalue weighted by Gasteiger charge is 2.16. The average molecular weight is 526 g/mol. The Bertz CT molecular complexity index is 1370. The van der Waals surface area contributed by atoms with Crippen LogP contribution in [0.3, 0.4) is 0 Å². The summed E-state index contributed by atoms with van der Waals surface area (Å²) in [7, 11) is 0. The first-order valence-electron chi connectivity index (χ1n) is 13.1. The first-order valence-corrected chi connectivity index (χ1v) is 13.1. The van der Waals surface area contributed by atoms with Crippen LogP contribution in [0, 0.1) is 28.4 Å². The van der Waals surface area contributed by atoms with Crippen LogP contribution < -0.4 is 14.8 Å². The molecular formula is C31H31N3O5. The number of carbonyl (C=O) groups excluding carboxylic acids is 1. The molecule has 1 aliphatic carbocycles. The lowest BCUT2D eigenvalue weighted by Gasteiger charge is -2.22. The summed E-state index contributed by atoms with van der Waals surface area (Å²) in [5.74, 6) is 1.04. The molecule has 0 atom stereocenters. The zero-order valence-corrected chi connectivity index (χ0v) is 21.9. The molecule has 0 saturated heterocycles. The predicted octanol–water partition coefficient (Wildman–Crippen LogP) is 6.95. The van der Waals surface area contributed by atoms with Crippen LogP contribution in [0.1, 0.15) is 54.7 Å². The van der Waals surface area contributed by atoms with Crippen molar-refractivity contribution in [3.8, 4) is 17.6 Å². The maximum Gasteiger partial charge on any atom is 0.270 e. The van der Waals surface area contributed by atoms with Gasteiger partial charge in [-0.15, -0.1) is 0 Å². The third-order valence-electron chi connectivity index (χ3n) is 6.74. The highest BCUT2D eigenvalue weighted by molar-refractivity contribution is 6.09.